The zero-order valence-corrected chi connectivity index (χ0v) is 15.4. The SMILES string of the molecule is CC(C)=CC[C@@H]1NC(=O)N(C(=O)OC(C)(C)C)[C@H]1CC=C(C)C. The second-order valence-corrected chi connectivity index (χ2v) is 7.51. The van der Waals surface area contributed by atoms with Gasteiger partial charge >= 0.3 is 12.1 Å². The van der Waals surface area contributed by atoms with E-state index in [0.29, 0.717) is 12.8 Å². The molecule has 130 valence electrons. The van der Waals surface area contributed by atoms with E-state index in [1.807, 2.05) is 27.7 Å². The molecule has 1 fully saturated rings. The Morgan fingerprint density at radius 1 is 1.13 bits per heavy atom. The molecule has 0 aromatic carbocycles. The first-order valence-electron chi connectivity index (χ1n) is 8.10. The molecule has 0 spiro atoms. The first-order valence-corrected chi connectivity index (χ1v) is 8.10. The van der Waals surface area contributed by atoms with Crippen molar-refractivity contribution in [2.45, 2.75) is 79.0 Å². The van der Waals surface area contributed by atoms with Crippen molar-refractivity contribution in [3.05, 3.63) is 23.3 Å². The van der Waals surface area contributed by atoms with Gasteiger partial charge in [-0.05, 0) is 61.3 Å². The predicted octanol–water partition coefficient (Wildman–Crippen LogP) is 4.40. The first-order chi connectivity index (χ1) is 10.5. The van der Waals surface area contributed by atoms with Gasteiger partial charge in [0.2, 0.25) is 0 Å². The van der Waals surface area contributed by atoms with Crippen LogP contribution in [0.15, 0.2) is 23.3 Å². The van der Waals surface area contributed by atoms with Gasteiger partial charge in [-0.3, -0.25) is 0 Å². The summed E-state index contributed by atoms with van der Waals surface area (Å²) in [7, 11) is 0. The Balaban J connectivity index is 3.00. The second kappa shape index (κ2) is 7.66. The summed E-state index contributed by atoms with van der Waals surface area (Å²) in [5.41, 5.74) is 1.72. The molecule has 1 aliphatic rings. The molecule has 0 radical (unpaired) electrons. The Hall–Kier alpha value is -1.78. The lowest BCUT2D eigenvalue weighted by molar-refractivity contribution is 0.0290. The normalized spacial score (nSPS) is 20.8. The minimum atomic E-state index is -0.629. The molecule has 0 aliphatic carbocycles. The number of allylic oxidation sites excluding steroid dienone is 2. The van der Waals surface area contributed by atoms with E-state index in [-0.39, 0.29) is 18.1 Å². The Morgan fingerprint density at radius 3 is 2.13 bits per heavy atom. The van der Waals surface area contributed by atoms with Gasteiger partial charge in [-0.25, -0.2) is 14.5 Å². The third-order valence-electron chi connectivity index (χ3n) is 3.46. The summed E-state index contributed by atoms with van der Waals surface area (Å²) in [5, 5.41) is 2.91. The highest BCUT2D eigenvalue weighted by Gasteiger charge is 2.43. The minimum absolute atomic E-state index is 0.0967. The van der Waals surface area contributed by atoms with Gasteiger partial charge in [-0.15, -0.1) is 0 Å². The van der Waals surface area contributed by atoms with Crippen molar-refractivity contribution in [2.75, 3.05) is 0 Å². The van der Waals surface area contributed by atoms with Crippen molar-refractivity contribution in [1.29, 1.82) is 0 Å². The summed E-state index contributed by atoms with van der Waals surface area (Å²) >= 11 is 0. The number of nitrogens with one attached hydrogen (secondary N) is 1. The van der Waals surface area contributed by atoms with Crippen LogP contribution in [-0.2, 0) is 4.74 Å². The van der Waals surface area contributed by atoms with Crippen molar-refractivity contribution in [3.8, 4) is 0 Å². The Bertz CT molecular complexity index is 507. The molecule has 23 heavy (non-hydrogen) atoms. The Kier molecular flexibility index (Phi) is 6.42. The van der Waals surface area contributed by atoms with Gasteiger partial charge in [0.15, 0.2) is 0 Å². The van der Waals surface area contributed by atoms with Crippen LogP contribution in [0.5, 0.6) is 0 Å². The standard InChI is InChI=1S/C18H30N2O3/c1-12(2)8-10-14-15(11-9-13(3)4)20(16(21)19-14)17(22)23-18(5,6)7/h8-9,14-15H,10-11H2,1-7H3,(H,19,21)/t14-,15-/m0/s1. The molecule has 2 atom stereocenters. The highest BCUT2D eigenvalue weighted by atomic mass is 16.6. The Morgan fingerprint density at radius 2 is 1.65 bits per heavy atom. The lowest BCUT2D eigenvalue weighted by Gasteiger charge is -2.27. The maximum absolute atomic E-state index is 12.4. The summed E-state index contributed by atoms with van der Waals surface area (Å²) in [6.45, 7) is 13.4. The number of ether oxygens (including phenoxy) is 1. The molecular formula is C18H30N2O3. The molecule has 0 aromatic heterocycles. The fourth-order valence-electron chi connectivity index (χ4n) is 2.39. The maximum atomic E-state index is 12.4. The quantitative estimate of drug-likeness (QED) is 0.781. The third kappa shape index (κ3) is 6.08. The lowest BCUT2D eigenvalue weighted by Crippen LogP contribution is -2.43. The van der Waals surface area contributed by atoms with Gasteiger partial charge < -0.3 is 10.1 Å². The molecule has 0 saturated carbocycles. The van der Waals surface area contributed by atoms with E-state index in [1.165, 1.54) is 10.5 Å². The van der Waals surface area contributed by atoms with Gasteiger partial charge in [-0.1, -0.05) is 23.3 Å². The van der Waals surface area contributed by atoms with E-state index in [0.717, 1.165) is 5.57 Å². The number of rotatable bonds is 4. The number of nitrogens with zero attached hydrogens (tertiary/aromatic N) is 1. The van der Waals surface area contributed by atoms with Crippen LogP contribution in [0.25, 0.3) is 0 Å². The molecule has 1 rings (SSSR count). The zero-order chi connectivity index (χ0) is 17.8. The van der Waals surface area contributed by atoms with Crippen LogP contribution in [0.3, 0.4) is 0 Å². The third-order valence-corrected chi connectivity index (χ3v) is 3.46. The zero-order valence-electron chi connectivity index (χ0n) is 15.4. The molecule has 1 saturated heterocycles. The van der Waals surface area contributed by atoms with Gasteiger partial charge in [-0.2, -0.15) is 0 Å². The summed E-state index contributed by atoms with van der Waals surface area (Å²) in [4.78, 5) is 25.9. The molecule has 1 heterocycles. The molecule has 0 unspecified atom stereocenters. The van der Waals surface area contributed by atoms with Crippen molar-refractivity contribution in [3.63, 3.8) is 0 Å². The number of imide groups is 1. The van der Waals surface area contributed by atoms with Crippen molar-refractivity contribution in [1.82, 2.24) is 10.2 Å². The number of carbonyl (C=O) groups is 2. The molecule has 3 amide bonds. The topological polar surface area (TPSA) is 58.6 Å². The lowest BCUT2D eigenvalue weighted by atomic mass is 10.0. The number of hydrogen-bond donors (Lipinski definition) is 1. The van der Waals surface area contributed by atoms with Crippen LogP contribution in [0.4, 0.5) is 9.59 Å². The van der Waals surface area contributed by atoms with E-state index in [9.17, 15) is 9.59 Å². The van der Waals surface area contributed by atoms with Crippen LogP contribution >= 0.6 is 0 Å². The van der Waals surface area contributed by atoms with E-state index in [4.69, 9.17) is 4.74 Å². The number of amides is 3. The van der Waals surface area contributed by atoms with E-state index in [1.54, 1.807) is 20.8 Å². The molecule has 5 nitrogen and oxygen atoms in total. The van der Waals surface area contributed by atoms with Crippen LogP contribution in [0.1, 0.15) is 61.3 Å². The van der Waals surface area contributed by atoms with Crippen molar-refractivity contribution < 1.29 is 14.3 Å². The predicted molar refractivity (Wildman–Crippen MR) is 92.3 cm³/mol. The van der Waals surface area contributed by atoms with Crippen molar-refractivity contribution in [2.24, 2.45) is 0 Å². The molecule has 5 heteroatoms. The van der Waals surface area contributed by atoms with Gasteiger partial charge in [0.1, 0.15) is 5.60 Å². The largest absolute Gasteiger partial charge is 0.443 e. The second-order valence-electron chi connectivity index (χ2n) is 7.51. The van der Waals surface area contributed by atoms with Gasteiger partial charge in [0.05, 0.1) is 12.1 Å². The monoisotopic (exact) mass is 322 g/mol. The van der Waals surface area contributed by atoms with Gasteiger partial charge in [0.25, 0.3) is 0 Å². The van der Waals surface area contributed by atoms with E-state index >= 15 is 0 Å². The highest BCUT2D eigenvalue weighted by Crippen LogP contribution is 2.24. The van der Waals surface area contributed by atoms with Gasteiger partial charge in [0, 0.05) is 0 Å². The first kappa shape index (κ1) is 19.3. The minimum Gasteiger partial charge on any atom is -0.443 e. The average Bonchev–Trinajstić information content (AvgIpc) is 2.67. The molecule has 1 aliphatic heterocycles. The fourth-order valence-corrected chi connectivity index (χ4v) is 2.39. The summed E-state index contributed by atoms with van der Waals surface area (Å²) < 4.78 is 5.39. The molecule has 0 aromatic rings. The van der Waals surface area contributed by atoms with Crippen LogP contribution in [-0.4, -0.2) is 34.7 Å². The molecule has 0 bridgehead atoms. The highest BCUT2D eigenvalue weighted by molar-refractivity contribution is 5.93. The summed E-state index contributed by atoms with van der Waals surface area (Å²) in [6, 6.07) is -0.707. The number of carbonyl (C=O) groups excluding carboxylic acids is 2. The summed E-state index contributed by atoms with van der Waals surface area (Å²) in [5.74, 6) is 0. The van der Waals surface area contributed by atoms with Crippen molar-refractivity contribution >= 4 is 12.1 Å². The van der Waals surface area contributed by atoms with Crippen LogP contribution in [0.2, 0.25) is 0 Å². The fraction of sp³-hybridized carbons (Fsp3) is 0.667. The number of hydrogen-bond acceptors (Lipinski definition) is 3. The van der Waals surface area contributed by atoms with E-state index < -0.39 is 11.7 Å². The molecule has 1 N–H and O–H groups in total. The smallest absolute Gasteiger partial charge is 0.418 e. The van der Waals surface area contributed by atoms with Crippen LogP contribution < -0.4 is 5.32 Å². The molecular weight excluding hydrogens is 292 g/mol. The van der Waals surface area contributed by atoms with Crippen LogP contribution in [0, 0.1) is 0 Å². The Labute approximate surface area is 139 Å². The van der Waals surface area contributed by atoms with E-state index in [2.05, 4.69) is 17.5 Å². The summed E-state index contributed by atoms with van der Waals surface area (Å²) in [6.07, 6.45) is 4.88. The number of urea groups is 1. The maximum Gasteiger partial charge on any atom is 0.418 e. The average molecular weight is 322 g/mol.